The van der Waals surface area contributed by atoms with Gasteiger partial charge in [-0.25, -0.2) is 0 Å². The lowest BCUT2D eigenvalue weighted by molar-refractivity contribution is -0.137. The molecule has 4 heteroatoms. The maximum absolute atomic E-state index is 12.7. The largest absolute Gasteiger partial charge is 0.335 e. The molecule has 2 N–H and O–H groups in total. The number of carbonyl (C=O) groups excluding carboxylic acids is 1. The second kappa shape index (κ2) is 6.44. The van der Waals surface area contributed by atoms with E-state index in [-0.39, 0.29) is 17.9 Å². The second-order valence-corrected chi connectivity index (χ2v) is 7.17. The fraction of sp³-hybridized carbons (Fsp3) is 0.938. The molecule has 0 aromatic rings. The van der Waals surface area contributed by atoms with Crippen LogP contribution >= 0.6 is 0 Å². The van der Waals surface area contributed by atoms with E-state index in [4.69, 9.17) is 5.73 Å². The van der Waals surface area contributed by atoms with Crippen molar-refractivity contribution in [1.29, 1.82) is 0 Å². The monoisotopic (exact) mass is 281 g/mol. The number of carbonyl (C=O) groups is 1. The maximum Gasteiger partial charge on any atom is 0.240 e. The van der Waals surface area contributed by atoms with Gasteiger partial charge >= 0.3 is 0 Å². The normalized spacial score (nSPS) is 28.8. The summed E-state index contributed by atoms with van der Waals surface area (Å²) >= 11 is 0. The van der Waals surface area contributed by atoms with Gasteiger partial charge in [-0.1, -0.05) is 13.8 Å². The summed E-state index contributed by atoms with van der Waals surface area (Å²) < 4.78 is 0. The minimum absolute atomic E-state index is 0.191. The van der Waals surface area contributed by atoms with Crippen molar-refractivity contribution in [2.75, 3.05) is 14.1 Å². The van der Waals surface area contributed by atoms with Crippen molar-refractivity contribution >= 4 is 5.91 Å². The quantitative estimate of drug-likeness (QED) is 0.836. The van der Waals surface area contributed by atoms with Crippen molar-refractivity contribution in [3.05, 3.63) is 0 Å². The van der Waals surface area contributed by atoms with Crippen LogP contribution in [0.4, 0.5) is 0 Å². The fourth-order valence-electron chi connectivity index (χ4n) is 3.32. The van der Waals surface area contributed by atoms with Crippen LogP contribution in [0.1, 0.15) is 52.4 Å². The van der Waals surface area contributed by atoms with Crippen LogP contribution in [0.25, 0.3) is 0 Å². The van der Waals surface area contributed by atoms with Gasteiger partial charge in [0.05, 0.1) is 6.04 Å². The Morgan fingerprint density at radius 2 is 1.35 bits per heavy atom. The molecule has 20 heavy (non-hydrogen) atoms. The van der Waals surface area contributed by atoms with Gasteiger partial charge < -0.3 is 15.5 Å². The standard InChI is InChI=1S/C16H31N3O/c1-11(2)15(17)16(20)19(14-9-10-14)13-7-5-12(6-8-13)18(3)4/h11-15H,5-10,17H2,1-4H3/t12?,13?,15-/m0/s1. The highest BCUT2D eigenvalue weighted by Gasteiger charge is 2.40. The minimum Gasteiger partial charge on any atom is -0.335 e. The van der Waals surface area contributed by atoms with Crippen molar-refractivity contribution in [1.82, 2.24) is 9.80 Å². The molecule has 0 radical (unpaired) electrons. The minimum atomic E-state index is -0.331. The Labute approximate surface area is 123 Å². The predicted octanol–water partition coefficient (Wildman–Crippen LogP) is 1.83. The Balaban J connectivity index is 1.98. The van der Waals surface area contributed by atoms with Crippen molar-refractivity contribution < 1.29 is 4.79 Å². The summed E-state index contributed by atoms with van der Waals surface area (Å²) in [6.45, 7) is 4.08. The Morgan fingerprint density at radius 3 is 1.70 bits per heavy atom. The lowest BCUT2D eigenvalue weighted by Crippen LogP contribution is -2.53. The van der Waals surface area contributed by atoms with Crippen LogP contribution in [0.2, 0.25) is 0 Å². The van der Waals surface area contributed by atoms with Gasteiger partial charge in [-0.15, -0.1) is 0 Å². The molecule has 0 unspecified atom stereocenters. The summed E-state index contributed by atoms with van der Waals surface area (Å²) in [5, 5.41) is 0. The lowest BCUT2D eigenvalue weighted by atomic mass is 9.88. The van der Waals surface area contributed by atoms with E-state index in [2.05, 4.69) is 23.9 Å². The Bertz CT molecular complexity index is 331. The zero-order valence-corrected chi connectivity index (χ0v) is 13.5. The summed E-state index contributed by atoms with van der Waals surface area (Å²) in [6.07, 6.45) is 7.01. The van der Waals surface area contributed by atoms with Gasteiger partial charge in [0, 0.05) is 18.1 Å². The predicted molar refractivity (Wildman–Crippen MR) is 82.4 cm³/mol. The number of amides is 1. The first-order valence-corrected chi connectivity index (χ1v) is 8.16. The molecule has 0 aromatic carbocycles. The van der Waals surface area contributed by atoms with E-state index in [1.165, 1.54) is 25.7 Å². The van der Waals surface area contributed by atoms with Crippen LogP contribution in [-0.2, 0) is 4.79 Å². The maximum atomic E-state index is 12.7. The van der Waals surface area contributed by atoms with Gasteiger partial charge in [0.25, 0.3) is 0 Å². The van der Waals surface area contributed by atoms with Gasteiger partial charge in [-0.3, -0.25) is 4.79 Å². The molecule has 4 nitrogen and oxygen atoms in total. The van der Waals surface area contributed by atoms with E-state index in [0.29, 0.717) is 18.1 Å². The number of rotatable bonds is 5. The third kappa shape index (κ3) is 3.53. The number of nitrogens with zero attached hydrogens (tertiary/aromatic N) is 2. The van der Waals surface area contributed by atoms with Gasteiger partial charge in [0.1, 0.15) is 0 Å². The zero-order chi connectivity index (χ0) is 14.9. The molecule has 2 rings (SSSR count). The molecule has 0 aliphatic heterocycles. The Kier molecular flexibility index (Phi) is 5.08. The van der Waals surface area contributed by atoms with E-state index >= 15 is 0 Å². The average molecular weight is 281 g/mol. The molecule has 0 aromatic heterocycles. The van der Waals surface area contributed by atoms with E-state index < -0.39 is 0 Å². The molecule has 1 atom stereocenters. The SMILES string of the molecule is CC(C)[C@H](N)C(=O)N(C1CCC(N(C)C)CC1)C1CC1. The van der Waals surface area contributed by atoms with Gasteiger partial charge in [0.2, 0.25) is 5.91 Å². The molecule has 1 amide bonds. The fourth-order valence-corrected chi connectivity index (χ4v) is 3.32. The van der Waals surface area contributed by atoms with Crippen LogP contribution in [0.15, 0.2) is 0 Å². The Hall–Kier alpha value is -0.610. The molecule has 2 aliphatic carbocycles. The highest BCUT2D eigenvalue weighted by molar-refractivity contribution is 5.82. The third-order valence-electron chi connectivity index (χ3n) is 4.99. The van der Waals surface area contributed by atoms with Gasteiger partial charge in [-0.05, 0) is 58.5 Å². The Morgan fingerprint density at radius 1 is 0.950 bits per heavy atom. The van der Waals surface area contributed by atoms with Crippen LogP contribution in [0, 0.1) is 5.92 Å². The number of hydrogen-bond acceptors (Lipinski definition) is 3. The number of nitrogens with two attached hydrogens (primary N) is 1. The van der Waals surface area contributed by atoms with E-state index in [1.807, 2.05) is 13.8 Å². The molecule has 0 spiro atoms. The zero-order valence-electron chi connectivity index (χ0n) is 13.5. The van der Waals surface area contributed by atoms with Crippen molar-refractivity contribution in [2.45, 2.75) is 76.5 Å². The molecule has 0 heterocycles. The first kappa shape index (κ1) is 15.8. The van der Waals surface area contributed by atoms with E-state index in [9.17, 15) is 4.79 Å². The highest BCUT2D eigenvalue weighted by atomic mass is 16.2. The summed E-state index contributed by atoms with van der Waals surface area (Å²) in [5.41, 5.74) is 6.11. The molecule has 116 valence electrons. The molecule has 0 bridgehead atoms. The topological polar surface area (TPSA) is 49.6 Å². The van der Waals surface area contributed by atoms with Crippen LogP contribution in [0.5, 0.6) is 0 Å². The van der Waals surface area contributed by atoms with Gasteiger partial charge in [-0.2, -0.15) is 0 Å². The molecule has 0 saturated heterocycles. The summed E-state index contributed by atoms with van der Waals surface area (Å²) in [4.78, 5) is 17.2. The first-order valence-electron chi connectivity index (χ1n) is 8.16. The molecular weight excluding hydrogens is 250 g/mol. The third-order valence-corrected chi connectivity index (χ3v) is 4.99. The molecule has 2 aliphatic rings. The van der Waals surface area contributed by atoms with Crippen LogP contribution < -0.4 is 5.73 Å². The highest BCUT2D eigenvalue weighted by Crippen LogP contribution is 2.35. The van der Waals surface area contributed by atoms with Crippen LogP contribution in [0.3, 0.4) is 0 Å². The lowest BCUT2D eigenvalue weighted by Gasteiger charge is -2.40. The number of hydrogen-bond donors (Lipinski definition) is 1. The van der Waals surface area contributed by atoms with Crippen molar-refractivity contribution in [2.24, 2.45) is 11.7 Å². The van der Waals surface area contributed by atoms with E-state index in [0.717, 1.165) is 12.8 Å². The average Bonchev–Trinajstić information content (AvgIpc) is 3.23. The molecule has 2 saturated carbocycles. The summed E-state index contributed by atoms with van der Waals surface area (Å²) in [6, 6.07) is 1.26. The van der Waals surface area contributed by atoms with Gasteiger partial charge in [0.15, 0.2) is 0 Å². The molecule has 2 fully saturated rings. The van der Waals surface area contributed by atoms with Crippen molar-refractivity contribution in [3.63, 3.8) is 0 Å². The smallest absolute Gasteiger partial charge is 0.240 e. The van der Waals surface area contributed by atoms with E-state index in [1.54, 1.807) is 0 Å². The summed E-state index contributed by atoms with van der Waals surface area (Å²) in [5.74, 6) is 0.415. The second-order valence-electron chi connectivity index (χ2n) is 7.17. The molecular formula is C16H31N3O. The van der Waals surface area contributed by atoms with Crippen LogP contribution in [-0.4, -0.2) is 54.0 Å². The summed E-state index contributed by atoms with van der Waals surface area (Å²) in [7, 11) is 4.31. The van der Waals surface area contributed by atoms with Crippen molar-refractivity contribution in [3.8, 4) is 0 Å². The first-order chi connectivity index (χ1) is 9.41.